The maximum absolute atomic E-state index is 12.9. The van der Waals surface area contributed by atoms with Gasteiger partial charge in [0.15, 0.2) is 0 Å². The van der Waals surface area contributed by atoms with Crippen molar-refractivity contribution in [2.75, 3.05) is 29.9 Å². The van der Waals surface area contributed by atoms with Crippen LogP contribution < -0.4 is 10.6 Å². The fourth-order valence-corrected chi connectivity index (χ4v) is 4.86. The molecule has 1 aromatic carbocycles. The third-order valence-electron chi connectivity index (χ3n) is 4.79. The molecule has 2 heterocycles. The first-order valence-corrected chi connectivity index (χ1v) is 11.5. The van der Waals surface area contributed by atoms with Gasteiger partial charge in [-0.1, -0.05) is 41.7 Å². The van der Waals surface area contributed by atoms with Gasteiger partial charge in [0.1, 0.15) is 11.0 Å². The predicted molar refractivity (Wildman–Crippen MR) is 112 cm³/mol. The van der Waals surface area contributed by atoms with E-state index in [1.54, 1.807) is 4.90 Å². The highest BCUT2D eigenvalue weighted by Crippen LogP contribution is 2.42. The summed E-state index contributed by atoms with van der Waals surface area (Å²) in [6.45, 7) is 1.41. The molecule has 2 N–H and O–H groups in total. The third kappa shape index (κ3) is 5.02. The fraction of sp³-hybridized carbons (Fsp3) is 0.474. The van der Waals surface area contributed by atoms with E-state index in [0.29, 0.717) is 30.6 Å². The topological polar surface area (TPSA) is 87.2 Å². The lowest BCUT2D eigenvalue weighted by Crippen LogP contribution is -2.52. The lowest BCUT2D eigenvalue weighted by molar-refractivity contribution is -0.118. The van der Waals surface area contributed by atoms with Crippen molar-refractivity contribution < 1.29 is 9.59 Å². The van der Waals surface area contributed by atoms with Crippen LogP contribution in [0.25, 0.3) is 0 Å². The Labute approximate surface area is 172 Å². The number of hydrogen-bond acceptors (Lipinski definition) is 6. The number of carbonyl (C=O) groups is 2. The number of nitrogens with one attached hydrogen (secondary N) is 2. The SMILES string of the molecule is O=C(Nc1nnc(C2CC2)s1)C(Cc1ccccc1)NC(=O)N1CCSCC1. The predicted octanol–water partition coefficient (Wildman–Crippen LogP) is 2.72. The van der Waals surface area contributed by atoms with Gasteiger partial charge in [0.05, 0.1) is 0 Å². The Morgan fingerprint density at radius 1 is 1.14 bits per heavy atom. The van der Waals surface area contributed by atoms with Crippen molar-refractivity contribution in [2.45, 2.75) is 31.2 Å². The number of hydrogen-bond donors (Lipinski definition) is 2. The fourth-order valence-electron chi connectivity index (χ4n) is 3.04. The number of nitrogens with zero attached hydrogens (tertiary/aromatic N) is 3. The molecular formula is C19H23N5O2S2. The molecule has 4 rings (SSSR count). The van der Waals surface area contributed by atoms with Crippen LogP contribution in [-0.4, -0.2) is 57.7 Å². The zero-order valence-corrected chi connectivity index (χ0v) is 17.1. The van der Waals surface area contributed by atoms with E-state index in [0.717, 1.165) is 34.9 Å². The number of thioether (sulfide) groups is 1. The molecule has 3 amide bonds. The van der Waals surface area contributed by atoms with Gasteiger partial charge in [0.2, 0.25) is 11.0 Å². The van der Waals surface area contributed by atoms with Gasteiger partial charge in [-0.05, 0) is 18.4 Å². The summed E-state index contributed by atoms with van der Waals surface area (Å²) in [5.41, 5.74) is 0.994. The normalized spacial score (nSPS) is 17.8. The van der Waals surface area contributed by atoms with Crippen molar-refractivity contribution in [3.63, 3.8) is 0 Å². The number of amides is 3. The van der Waals surface area contributed by atoms with E-state index < -0.39 is 6.04 Å². The minimum atomic E-state index is -0.669. The van der Waals surface area contributed by atoms with Gasteiger partial charge in [0.25, 0.3) is 0 Å². The highest BCUT2D eigenvalue weighted by atomic mass is 32.2. The standard InChI is InChI=1S/C19H23N5O2S2/c25-16(21-18-23-22-17(28-18)14-6-7-14)15(12-13-4-2-1-3-5-13)20-19(26)24-8-10-27-11-9-24/h1-5,14-15H,6-12H2,(H,20,26)(H,21,23,25). The van der Waals surface area contributed by atoms with Gasteiger partial charge in [-0.3, -0.25) is 10.1 Å². The zero-order chi connectivity index (χ0) is 19.3. The highest BCUT2D eigenvalue weighted by Gasteiger charge is 2.29. The zero-order valence-electron chi connectivity index (χ0n) is 15.5. The Hall–Kier alpha value is -2.13. The van der Waals surface area contributed by atoms with Crippen molar-refractivity contribution in [1.82, 2.24) is 20.4 Å². The quantitative estimate of drug-likeness (QED) is 0.755. The van der Waals surface area contributed by atoms with E-state index in [9.17, 15) is 9.59 Å². The summed E-state index contributed by atoms with van der Waals surface area (Å²) in [5.74, 6) is 2.09. The van der Waals surface area contributed by atoms with E-state index in [1.807, 2.05) is 42.1 Å². The molecule has 0 spiro atoms. The molecule has 1 saturated carbocycles. The third-order valence-corrected chi connectivity index (χ3v) is 6.74. The van der Waals surface area contributed by atoms with E-state index in [2.05, 4.69) is 20.8 Å². The maximum atomic E-state index is 12.9. The molecule has 1 aliphatic carbocycles. The summed E-state index contributed by atoms with van der Waals surface area (Å²) in [4.78, 5) is 27.4. The van der Waals surface area contributed by atoms with E-state index in [-0.39, 0.29) is 11.9 Å². The maximum Gasteiger partial charge on any atom is 0.318 e. The molecule has 1 saturated heterocycles. The smallest absolute Gasteiger partial charge is 0.318 e. The van der Waals surface area contributed by atoms with Crippen LogP contribution in [0.4, 0.5) is 9.93 Å². The average molecular weight is 418 g/mol. The van der Waals surface area contributed by atoms with Crippen molar-refractivity contribution in [3.8, 4) is 0 Å². The second kappa shape index (κ2) is 8.91. The summed E-state index contributed by atoms with van der Waals surface area (Å²) < 4.78 is 0. The summed E-state index contributed by atoms with van der Waals surface area (Å²) >= 11 is 3.26. The van der Waals surface area contributed by atoms with Gasteiger partial charge in [-0.15, -0.1) is 10.2 Å². The Kier molecular flexibility index (Phi) is 6.11. The van der Waals surface area contributed by atoms with Crippen molar-refractivity contribution in [2.24, 2.45) is 0 Å². The van der Waals surface area contributed by atoms with Crippen LogP contribution in [0.1, 0.15) is 29.3 Å². The molecule has 1 aliphatic heterocycles. The lowest BCUT2D eigenvalue weighted by atomic mass is 10.1. The molecule has 9 heteroatoms. The summed E-state index contributed by atoms with van der Waals surface area (Å²) in [7, 11) is 0. The molecule has 0 bridgehead atoms. The molecule has 2 aliphatic rings. The van der Waals surface area contributed by atoms with Crippen LogP contribution in [0, 0.1) is 0 Å². The summed E-state index contributed by atoms with van der Waals surface area (Å²) in [6, 6.07) is 8.86. The van der Waals surface area contributed by atoms with Gasteiger partial charge in [-0.2, -0.15) is 11.8 Å². The van der Waals surface area contributed by atoms with Gasteiger partial charge < -0.3 is 10.2 Å². The molecule has 1 unspecified atom stereocenters. The number of rotatable bonds is 6. The Morgan fingerprint density at radius 2 is 1.89 bits per heavy atom. The van der Waals surface area contributed by atoms with Crippen LogP contribution in [0.3, 0.4) is 0 Å². The van der Waals surface area contributed by atoms with Gasteiger partial charge in [-0.25, -0.2) is 4.79 Å². The van der Waals surface area contributed by atoms with E-state index >= 15 is 0 Å². The minimum absolute atomic E-state index is 0.188. The first-order valence-electron chi connectivity index (χ1n) is 9.50. The first-order chi connectivity index (χ1) is 13.7. The molecule has 7 nitrogen and oxygen atoms in total. The molecule has 1 atom stereocenters. The van der Waals surface area contributed by atoms with Gasteiger partial charge >= 0.3 is 6.03 Å². The monoisotopic (exact) mass is 417 g/mol. The molecule has 28 heavy (non-hydrogen) atoms. The molecule has 2 fully saturated rings. The Morgan fingerprint density at radius 3 is 2.61 bits per heavy atom. The first kappa shape index (κ1) is 19.2. The average Bonchev–Trinajstić information content (AvgIpc) is 3.48. The molecule has 0 radical (unpaired) electrons. The van der Waals surface area contributed by atoms with Crippen molar-refractivity contribution >= 4 is 40.2 Å². The van der Waals surface area contributed by atoms with E-state index in [1.165, 1.54) is 11.3 Å². The molecule has 148 valence electrons. The molecular weight excluding hydrogens is 394 g/mol. The largest absolute Gasteiger partial charge is 0.326 e. The number of benzene rings is 1. The van der Waals surface area contributed by atoms with Crippen LogP contribution in [0.2, 0.25) is 0 Å². The Bertz CT molecular complexity index is 819. The number of anilines is 1. The number of urea groups is 1. The van der Waals surface area contributed by atoms with Crippen LogP contribution in [-0.2, 0) is 11.2 Å². The molecule has 2 aromatic rings. The Balaban J connectivity index is 1.44. The van der Waals surface area contributed by atoms with Crippen molar-refractivity contribution in [3.05, 3.63) is 40.9 Å². The van der Waals surface area contributed by atoms with Gasteiger partial charge in [0, 0.05) is 36.9 Å². The second-order valence-electron chi connectivity index (χ2n) is 7.00. The summed E-state index contributed by atoms with van der Waals surface area (Å²) in [6.07, 6.45) is 2.71. The van der Waals surface area contributed by atoms with Crippen LogP contribution in [0.5, 0.6) is 0 Å². The highest BCUT2D eigenvalue weighted by molar-refractivity contribution is 7.99. The van der Waals surface area contributed by atoms with E-state index in [4.69, 9.17) is 0 Å². The summed E-state index contributed by atoms with van der Waals surface area (Å²) in [5, 5.41) is 15.5. The number of carbonyl (C=O) groups excluding carboxylic acids is 2. The van der Waals surface area contributed by atoms with Crippen LogP contribution in [0.15, 0.2) is 30.3 Å². The van der Waals surface area contributed by atoms with Crippen LogP contribution >= 0.6 is 23.1 Å². The lowest BCUT2D eigenvalue weighted by Gasteiger charge is -2.28. The number of aromatic nitrogens is 2. The minimum Gasteiger partial charge on any atom is -0.326 e. The second-order valence-corrected chi connectivity index (χ2v) is 9.23. The molecule has 1 aromatic heterocycles. The van der Waals surface area contributed by atoms with Crippen molar-refractivity contribution in [1.29, 1.82) is 0 Å².